The topological polar surface area (TPSA) is 50.7 Å². The zero-order valence-corrected chi connectivity index (χ0v) is 14.1. The summed E-state index contributed by atoms with van der Waals surface area (Å²) in [5, 5.41) is 7.21. The zero-order chi connectivity index (χ0) is 16.9. The summed E-state index contributed by atoms with van der Waals surface area (Å²) >= 11 is 0. The molecule has 1 aliphatic carbocycles. The van der Waals surface area contributed by atoms with Gasteiger partial charge in [0.2, 0.25) is 0 Å². The Morgan fingerprint density at radius 2 is 1.46 bits per heavy atom. The SMILES string of the molecule is CCC(CC)NC(=O)CON=C1c2ccccc2-c2ccccc21. The number of hydrogen-bond donors (Lipinski definition) is 1. The van der Waals surface area contributed by atoms with Crippen LogP contribution in [-0.4, -0.2) is 24.3 Å². The summed E-state index contributed by atoms with van der Waals surface area (Å²) < 4.78 is 0. The molecule has 0 heterocycles. The normalized spacial score (nSPS) is 11.9. The van der Waals surface area contributed by atoms with Gasteiger partial charge in [-0.15, -0.1) is 0 Å². The molecule has 1 aliphatic rings. The van der Waals surface area contributed by atoms with Gasteiger partial charge in [0.05, 0.1) is 0 Å². The minimum Gasteiger partial charge on any atom is -0.385 e. The maximum Gasteiger partial charge on any atom is 0.260 e. The number of carbonyl (C=O) groups excluding carboxylic acids is 1. The molecule has 0 aliphatic heterocycles. The van der Waals surface area contributed by atoms with Gasteiger partial charge in [-0.05, 0) is 24.0 Å². The van der Waals surface area contributed by atoms with Gasteiger partial charge >= 0.3 is 0 Å². The second kappa shape index (κ2) is 7.30. The van der Waals surface area contributed by atoms with E-state index in [9.17, 15) is 4.79 Å². The fourth-order valence-corrected chi connectivity index (χ4v) is 3.01. The average molecular weight is 322 g/mol. The molecule has 2 aromatic carbocycles. The number of nitrogens with one attached hydrogen (secondary N) is 1. The molecule has 0 fully saturated rings. The van der Waals surface area contributed by atoms with E-state index in [2.05, 4.69) is 36.5 Å². The van der Waals surface area contributed by atoms with Crippen LogP contribution >= 0.6 is 0 Å². The van der Waals surface area contributed by atoms with Crippen molar-refractivity contribution in [3.63, 3.8) is 0 Å². The van der Waals surface area contributed by atoms with Crippen molar-refractivity contribution in [1.82, 2.24) is 5.32 Å². The molecule has 0 saturated carbocycles. The predicted molar refractivity (Wildman–Crippen MR) is 96.0 cm³/mol. The molecule has 0 saturated heterocycles. The molecule has 4 nitrogen and oxygen atoms in total. The van der Waals surface area contributed by atoms with E-state index in [1.165, 1.54) is 0 Å². The van der Waals surface area contributed by atoms with Crippen LogP contribution in [0.4, 0.5) is 0 Å². The largest absolute Gasteiger partial charge is 0.385 e. The Kier molecular flexibility index (Phi) is 4.94. The lowest BCUT2D eigenvalue weighted by Crippen LogP contribution is -2.36. The van der Waals surface area contributed by atoms with Crippen molar-refractivity contribution >= 4 is 11.6 Å². The van der Waals surface area contributed by atoms with Crippen LogP contribution in [0.15, 0.2) is 53.7 Å². The summed E-state index contributed by atoms with van der Waals surface area (Å²) in [6.07, 6.45) is 1.83. The molecule has 1 amide bonds. The second-order valence-electron chi connectivity index (χ2n) is 5.89. The minimum absolute atomic E-state index is 0.0651. The Morgan fingerprint density at radius 3 is 1.96 bits per heavy atom. The fourth-order valence-electron chi connectivity index (χ4n) is 3.01. The predicted octanol–water partition coefficient (Wildman–Crippen LogP) is 3.74. The molecular formula is C20H22N2O2. The lowest BCUT2D eigenvalue weighted by Gasteiger charge is -2.13. The highest BCUT2D eigenvalue weighted by Crippen LogP contribution is 2.36. The van der Waals surface area contributed by atoms with Crippen molar-refractivity contribution in [3.05, 3.63) is 59.7 Å². The van der Waals surface area contributed by atoms with Gasteiger partial charge in [0.25, 0.3) is 5.91 Å². The lowest BCUT2D eigenvalue weighted by atomic mass is 10.1. The second-order valence-corrected chi connectivity index (χ2v) is 5.89. The van der Waals surface area contributed by atoms with Gasteiger partial charge < -0.3 is 10.2 Å². The lowest BCUT2D eigenvalue weighted by molar-refractivity contribution is -0.126. The number of amides is 1. The van der Waals surface area contributed by atoms with Crippen LogP contribution in [0.1, 0.15) is 37.8 Å². The van der Waals surface area contributed by atoms with Crippen molar-refractivity contribution in [2.24, 2.45) is 5.16 Å². The summed E-state index contributed by atoms with van der Waals surface area (Å²) in [4.78, 5) is 17.3. The third-order valence-electron chi connectivity index (χ3n) is 4.36. The summed E-state index contributed by atoms with van der Waals surface area (Å²) in [5.41, 5.74) is 5.17. The standard InChI is InChI=1S/C20H22N2O2/c1-3-14(4-2)21-19(23)13-24-22-20-17-11-7-5-9-15(17)16-10-6-8-12-18(16)20/h5-12,14H,3-4,13H2,1-2H3,(H,21,23). The third kappa shape index (κ3) is 3.18. The molecule has 4 heteroatoms. The van der Waals surface area contributed by atoms with Crippen molar-refractivity contribution in [1.29, 1.82) is 0 Å². The third-order valence-corrected chi connectivity index (χ3v) is 4.36. The monoisotopic (exact) mass is 322 g/mol. The van der Waals surface area contributed by atoms with Crippen molar-refractivity contribution < 1.29 is 9.63 Å². The molecule has 0 radical (unpaired) electrons. The van der Waals surface area contributed by atoms with E-state index < -0.39 is 0 Å². The van der Waals surface area contributed by atoms with Gasteiger partial charge in [-0.25, -0.2) is 0 Å². The van der Waals surface area contributed by atoms with E-state index in [0.29, 0.717) is 0 Å². The van der Waals surface area contributed by atoms with Crippen LogP contribution in [0.5, 0.6) is 0 Å². The fraction of sp³-hybridized carbons (Fsp3) is 0.300. The van der Waals surface area contributed by atoms with E-state index in [4.69, 9.17) is 4.84 Å². The number of rotatable bonds is 6. The highest BCUT2D eigenvalue weighted by atomic mass is 16.6. The average Bonchev–Trinajstić information content (AvgIpc) is 2.94. The number of fused-ring (bicyclic) bond motifs is 3. The first-order chi connectivity index (χ1) is 11.7. The van der Waals surface area contributed by atoms with Crippen molar-refractivity contribution in [2.75, 3.05) is 6.61 Å². The maximum absolute atomic E-state index is 11.9. The van der Waals surface area contributed by atoms with Gasteiger partial charge in [-0.3, -0.25) is 4.79 Å². The van der Waals surface area contributed by atoms with Crippen LogP contribution in [-0.2, 0) is 9.63 Å². The van der Waals surface area contributed by atoms with Crippen LogP contribution in [0, 0.1) is 0 Å². The maximum atomic E-state index is 11.9. The molecule has 3 rings (SSSR count). The Bertz CT molecular complexity index is 716. The summed E-state index contributed by atoms with van der Waals surface area (Å²) in [7, 11) is 0. The molecule has 1 N–H and O–H groups in total. The first-order valence-electron chi connectivity index (χ1n) is 8.43. The Morgan fingerprint density at radius 1 is 0.958 bits per heavy atom. The van der Waals surface area contributed by atoms with Gasteiger partial charge in [0.15, 0.2) is 6.61 Å². The molecule has 0 unspecified atom stereocenters. The number of carbonyl (C=O) groups is 1. The van der Waals surface area contributed by atoms with E-state index >= 15 is 0 Å². The Labute approximate surface area is 142 Å². The quantitative estimate of drug-likeness (QED) is 0.703. The van der Waals surface area contributed by atoms with E-state index in [1.807, 2.05) is 36.4 Å². The molecule has 2 aromatic rings. The number of oxime groups is 1. The first kappa shape index (κ1) is 16.2. The van der Waals surface area contributed by atoms with E-state index in [0.717, 1.165) is 40.8 Å². The first-order valence-corrected chi connectivity index (χ1v) is 8.43. The highest BCUT2D eigenvalue weighted by molar-refractivity contribution is 6.24. The Balaban J connectivity index is 1.75. The summed E-state index contributed by atoms with van der Waals surface area (Å²) in [6.45, 7) is 4.05. The van der Waals surface area contributed by atoms with Crippen molar-refractivity contribution in [2.45, 2.75) is 32.7 Å². The highest BCUT2D eigenvalue weighted by Gasteiger charge is 2.24. The van der Waals surface area contributed by atoms with Gasteiger partial charge in [-0.2, -0.15) is 0 Å². The number of hydrogen-bond acceptors (Lipinski definition) is 3. The molecule has 0 aromatic heterocycles. The summed E-state index contributed by atoms with van der Waals surface area (Å²) in [5.74, 6) is -0.132. The minimum atomic E-state index is -0.132. The molecule has 24 heavy (non-hydrogen) atoms. The van der Waals surface area contributed by atoms with E-state index in [-0.39, 0.29) is 18.6 Å². The smallest absolute Gasteiger partial charge is 0.260 e. The Hall–Kier alpha value is -2.62. The van der Waals surface area contributed by atoms with Crippen LogP contribution in [0.2, 0.25) is 0 Å². The molecule has 0 bridgehead atoms. The molecule has 0 spiro atoms. The zero-order valence-electron chi connectivity index (χ0n) is 14.1. The molecule has 0 atom stereocenters. The van der Waals surface area contributed by atoms with Crippen LogP contribution in [0.3, 0.4) is 0 Å². The number of benzene rings is 2. The van der Waals surface area contributed by atoms with Crippen molar-refractivity contribution in [3.8, 4) is 11.1 Å². The van der Waals surface area contributed by atoms with Gasteiger partial charge in [0, 0.05) is 17.2 Å². The van der Waals surface area contributed by atoms with Gasteiger partial charge in [-0.1, -0.05) is 67.5 Å². The van der Waals surface area contributed by atoms with Gasteiger partial charge in [0.1, 0.15) is 5.71 Å². The van der Waals surface area contributed by atoms with E-state index in [1.54, 1.807) is 0 Å². The molecular weight excluding hydrogens is 300 g/mol. The summed E-state index contributed by atoms with van der Waals surface area (Å²) in [6, 6.07) is 16.4. The van der Waals surface area contributed by atoms with Crippen LogP contribution < -0.4 is 5.32 Å². The van der Waals surface area contributed by atoms with Crippen LogP contribution in [0.25, 0.3) is 11.1 Å². The number of nitrogens with zero attached hydrogens (tertiary/aromatic N) is 1. The molecule has 124 valence electrons.